The molecule has 1 N–H and O–H groups in total. The number of fused-ring (bicyclic) bond motifs is 1. The Balaban J connectivity index is 1.64. The van der Waals surface area contributed by atoms with Crippen molar-refractivity contribution < 1.29 is 24.2 Å². The lowest BCUT2D eigenvalue weighted by Crippen LogP contribution is -2.60. The van der Waals surface area contributed by atoms with Crippen molar-refractivity contribution in [3.63, 3.8) is 0 Å². The molecular weight excluding hydrogens is 578 g/mol. The highest BCUT2D eigenvalue weighted by Crippen LogP contribution is 2.60. The number of rotatable bonds is 12. The number of carbonyl (C=O) groups excluding carboxylic acids is 3. The molecule has 2 unspecified atom stereocenters. The monoisotopic (exact) mass is 619 g/mol. The van der Waals surface area contributed by atoms with Gasteiger partial charge in [0.25, 0.3) is 5.91 Å². The molecule has 2 bridgehead atoms. The highest BCUT2D eigenvalue weighted by atomic mass is 35.5. The molecule has 3 aliphatic heterocycles. The Hall–Kier alpha value is -3.46. The molecule has 3 amide bonds. The van der Waals surface area contributed by atoms with Gasteiger partial charge in [-0.05, 0) is 49.4 Å². The minimum absolute atomic E-state index is 0.114. The lowest BCUT2D eigenvalue weighted by atomic mass is 9.70. The zero-order valence-electron chi connectivity index (χ0n) is 25.7. The van der Waals surface area contributed by atoms with Crippen LogP contribution in [0.15, 0.2) is 73.8 Å². The molecular formula is C35H42ClN3O5. The third kappa shape index (κ3) is 5.07. The number of anilines is 2. The van der Waals surface area contributed by atoms with Crippen molar-refractivity contribution in [3.05, 3.63) is 84.4 Å². The first-order chi connectivity index (χ1) is 21.2. The second-order valence-electron chi connectivity index (χ2n) is 12.2. The van der Waals surface area contributed by atoms with E-state index in [4.69, 9.17) is 16.3 Å². The zero-order valence-corrected chi connectivity index (χ0v) is 26.5. The third-order valence-electron chi connectivity index (χ3n) is 9.78. The Morgan fingerprint density at radius 1 is 1.11 bits per heavy atom. The largest absolute Gasteiger partial charge is 0.394 e. The minimum Gasteiger partial charge on any atom is -0.394 e. The average Bonchev–Trinajstić information content (AvgIpc) is 3.67. The SMILES string of the molecule is C=CCN(C(=O)[C@@H]1[C@@H]2CCC3(O2)C(C(=O)N(CC=C)c2c(C)cccc2Cl)N([C@@H](CO)[C@@H](C)CC)C(=O)[C@H]13)c1ccccc1. The molecule has 3 fully saturated rings. The summed E-state index contributed by atoms with van der Waals surface area (Å²) in [5, 5.41) is 11.1. The van der Waals surface area contributed by atoms with Crippen LogP contribution in [0.5, 0.6) is 0 Å². The molecule has 0 aliphatic carbocycles. The van der Waals surface area contributed by atoms with Gasteiger partial charge in [0.2, 0.25) is 11.8 Å². The molecule has 3 aliphatic rings. The van der Waals surface area contributed by atoms with Gasteiger partial charge in [0.15, 0.2) is 0 Å². The van der Waals surface area contributed by atoms with Crippen LogP contribution in [0.1, 0.15) is 38.7 Å². The summed E-state index contributed by atoms with van der Waals surface area (Å²) in [7, 11) is 0. The van der Waals surface area contributed by atoms with Gasteiger partial charge in [0.1, 0.15) is 11.6 Å². The van der Waals surface area contributed by atoms with Gasteiger partial charge < -0.3 is 24.5 Å². The molecule has 3 saturated heterocycles. The molecule has 5 rings (SSSR count). The van der Waals surface area contributed by atoms with Gasteiger partial charge in [-0.25, -0.2) is 0 Å². The standard InChI is InChI=1S/C35H42ClN3O5/c1-6-19-37(24-14-10-9-11-15-24)32(41)28-27-17-18-35(44-27)29(28)33(42)39(26(21-40)22(4)8-3)31(35)34(43)38(20-7-2)30-23(5)13-12-16-25(30)36/h6-7,9-16,22,26-29,31,40H,1-2,8,17-21H2,3-5H3/t22-,26-,27-,28+,29-,31?,35?/m0/s1. The van der Waals surface area contributed by atoms with E-state index in [1.165, 1.54) is 0 Å². The highest BCUT2D eigenvalue weighted by molar-refractivity contribution is 6.34. The number of aliphatic hydroxyl groups excluding tert-OH is 1. The smallest absolute Gasteiger partial charge is 0.253 e. The van der Waals surface area contributed by atoms with Crippen LogP contribution in [0.2, 0.25) is 5.02 Å². The van der Waals surface area contributed by atoms with E-state index in [1.54, 1.807) is 32.9 Å². The first kappa shape index (κ1) is 31.9. The molecule has 0 aromatic heterocycles. The fourth-order valence-electron chi connectivity index (χ4n) is 7.60. The Labute approximate surface area is 264 Å². The summed E-state index contributed by atoms with van der Waals surface area (Å²) in [5.41, 5.74) is 0.802. The van der Waals surface area contributed by atoms with E-state index < -0.39 is 35.6 Å². The van der Waals surface area contributed by atoms with Crippen LogP contribution in [0, 0.1) is 24.7 Å². The Kier molecular flexibility index (Phi) is 9.35. The van der Waals surface area contributed by atoms with Crippen LogP contribution in [0.3, 0.4) is 0 Å². The van der Waals surface area contributed by atoms with Gasteiger partial charge in [-0.1, -0.05) is 74.4 Å². The first-order valence-corrected chi connectivity index (χ1v) is 15.8. The van der Waals surface area contributed by atoms with Crippen molar-refractivity contribution in [2.75, 3.05) is 29.5 Å². The number of carbonyl (C=O) groups is 3. The van der Waals surface area contributed by atoms with Crippen molar-refractivity contribution in [2.45, 2.75) is 63.8 Å². The van der Waals surface area contributed by atoms with E-state index in [0.717, 1.165) is 5.56 Å². The summed E-state index contributed by atoms with van der Waals surface area (Å²) in [4.78, 5) is 48.8. The van der Waals surface area contributed by atoms with Gasteiger partial charge in [-0.3, -0.25) is 14.4 Å². The predicted molar refractivity (Wildman–Crippen MR) is 173 cm³/mol. The summed E-state index contributed by atoms with van der Waals surface area (Å²) >= 11 is 6.68. The summed E-state index contributed by atoms with van der Waals surface area (Å²) in [6, 6.07) is 13.0. The van der Waals surface area contributed by atoms with Crippen LogP contribution in [-0.2, 0) is 19.1 Å². The number of amides is 3. The highest BCUT2D eigenvalue weighted by Gasteiger charge is 2.75. The van der Waals surface area contributed by atoms with E-state index in [1.807, 2.05) is 63.2 Å². The number of para-hydroxylation sites is 2. The number of likely N-dealkylation sites (tertiary alicyclic amines) is 1. The van der Waals surface area contributed by atoms with E-state index >= 15 is 0 Å². The third-order valence-corrected chi connectivity index (χ3v) is 10.1. The summed E-state index contributed by atoms with van der Waals surface area (Å²) in [5.74, 6) is -2.71. The van der Waals surface area contributed by atoms with Crippen molar-refractivity contribution >= 4 is 40.7 Å². The Bertz CT molecular complexity index is 1410. The maximum absolute atomic E-state index is 14.9. The first-order valence-electron chi connectivity index (χ1n) is 15.4. The van der Waals surface area contributed by atoms with Crippen LogP contribution in [0.4, 0.5) is 11.4 Å². The van der Waals surface area contributed by atoms with E-state index in [9.17, 15) is 19.5 Å². The fraction of sp³-hybridized carbons (Fsp3) is 0.457. The summed E-state index contributed by atoms with van der Waals surface area (Å²) in [6.45, 7) is 13.7. The van der Waals surface area contributed by atoms with E-state index in [-0.39, 0.29) is 43.3 Å². The molecule has 7 atom stereocenters. The van der Waals surface area contributed by atoms with Crippen LogP contribution in [-0.4, -0.2) is 71.2 Å². The number of halogens is 1. The molecule has 9 heteroatoms. The molecule has 234 valence electrons. The van der Waals surface area contributed by atoms with Gasteiger partial charge in [-0.15, -0.1) is 13.2 Å². The number of nitrogens with zero attached hydrogens (tertiary/aromatic N) is 3. The molecule has 44 heavy (non-hydrogen) atoms. The number of aryl methyl sites for hydroxylation is 1. The molecule has 0 radical (unpaired) electrons. The number of hydrogen-bond acceptors (Lipinski definition) is 5. The van der Waals surface area contributed by atoms with E-state index in [0.29, 0.717) is 35.7 Å². The van der Waals surface area contributed by atoms with Gasteiger partial charge in [0.05, 0.1) is 41.3 Å². The van der Waals surface area contributed by atoms with E-state index in [2.05, 4.69) is 13.2 Å². The Morgan fingerprint density at radius 3 is 2.41 bits per heavy atom. The topological polar surface area (TPSA) is 90.4 Å². The van der Waals surface area contributed by atoms with Crippen molar-refractivity contribution in [2.24, 2.45) is 17.8 Å². The molecule has 2 aromatic carbocycles. The van der Waals surface area contributed by atoms with Crippen molar-refractivity contribution in [3.8, 4) is 0 Å². The van der Waals surface area contributed by atoms with Crippen LogP contribution in [0.25, 0.3) is 0 Å². The fourth-order valence-corrected chi connectivity index (χ4v) is 7.92. The second kappa shape index (κ2) is 12.9. The van der Waals surface area contributed by atoms with Crippen LogP contribution >= 0.6 is 11.6 Å². The lowest BCUT2D eigenvalue weighted by molar-refractivity contribution is -0.145. The number of aliphatic hydroxyl groups is 1. The van der Waals surface area contributed by atoms with Gasteiger partial charge >= 0.3 is 0 Å². The molecule has 8 nitrogen and oxygen atoms in total. The second-order valence-corrected chi connectivity index (χ2v) is 12.6. The molecule has 3 heterocycles. The van der Waals surface area contributed by atoms with Gasteiger partial charge in [-0.2, -0.15) is 0 Å². The maximum Gasteiger partial charge on any atom is 0.253 e. The van der Waals surface area contributed by atoms with Gasteiger partial charge in [0, 0.05) is 18.8 Å². The number of benzene rings is 2. The summed E-state index contributed by atoms with van der Waals surface area (Å²) in [6.07, 6.45) is 4.43. The maximum atomic E-state index is 14.9. The number of hydrogen-bond donors (Lipinski definition) is 1. The number of ether oxygens (including phenoxy) is 1. The predicted octanol–water partition coefficient (Wildman–Crippen LogP) is 5.17. The molecule has 2 aromatic rings. The van der Waals surface area contributed by atoms with Crippen molar-refractivity contribution in [1.82, 2.24) is 4.90 Å². The average molecular weight is 620 g/mol. The molecule has 0 saturated carbocycles. The Morgan fingerprint density at radius 2 is 1.80 bits per heavy atom. The van der Waals surface area contributed by atoms with Crippen molar-refractivity contribution in [1.29, 1.82) is 0 Å². The molecule has 1 spiro atoms. The zero-order chi connectivity index (χ0) is 31.8. The quantitative estimate of drug-likeness (QED) is 0.331. The van der Waals surface area contributed by atoms with Crippen LogP contribution < -0.4 is 9.80 Å². The lowest BCUT2D eigenvalue weighted by Gasteiger charge is -2.41. The summed E-state index contributed by atoms with van der Waals surface area (Å²) < 4.78 is 6.73. The minimum atomic E-state index is -1.23. The normalized spacial score (nSPS) is 26.7.